The lowest BCUT2D eigenvalue weighted by molar-refractivity contribution is -0.137. The number of carboxylic acid groups (broad SMARTS) is 1. The van der Waals surface area contributed by atoms with E-state index in [1.165, 1.54) is 19.1 Å². The van der Waals surface area contributed by atoms with E-state index in [2.05, 4.69) is 10.6 Å². The van der Waals surface area contributed by atoms with E-state index in [0.717, 1.165) is 0 Å². The number of nitrogens with two attached hydrogens (primary N) is 1. The van der Waals surface area contributed by atoms with Gasteiger partial charge in [0.2, 0.25) is 5.91 Å². The van der Waals surface area contributed by atoms with Crippen molar-refractivity contribution in [2.24, 2.45) is 5.73 Å². The van der Waals surface area contributed by atoms with Crippen molar-refractivity contribution in [2.45, 2.75) is 25.4 Å². The van der Waals surface area contributed by atoms with Crippen LogP contribution in [0.4, 0.5) is 11.4 Å². The summed E-state index contributed by atoms with van der Waals surface area (Å²) in [5, 5.41) is 15.7. The predicted molar refractivity (Wildman–Crippen MR) is 117 cm³/mol. The minimum absolute atomic E-state index is 0.0729. The number of carbonyl (C=O) groups excluding carboxylic acids is 2. The van der Waals surface area contributed by atoms with E-state index >= 15 is 0 Å². The van der Waals surface area contributed by atoms with Crippen LogP contribution in [0.25, 0.3) is 5.57 Å². The van der Waals surface area contributed by atoms with Gasteiger partial charge in [-0.3, -0.25) is 9.59 Å². The first-order valence-corrected chi connectivity index (χ1v) is 9.77. The highest BCUT2D eigenvalue weighted by molar-refractivity contribution is 6.36. The number of ketones is 1. The maximum Gasteiger partial charge on any atom is 0.326 e. The molecule has 7 nitrogen and oxygen atoms in total. The van der Waals surface area contributed by atoms with Gasteiger partial charge in [-0.15, -0.1) is 0 Å². The molecule has 0 fully saturated rings. The number of rotatable bonds is 5. The molecule has 2 unspecified atom stereocenters. The van der Waals surface area contributed by atoms with Crippen LogP contribution in [0.2, 0.25) is 10.0 Å². The van der Waals surface area contributed by atoms with Crippen LogP contribution in [0.3, 0.4) is 0 Å². The topological polar surface area (TPSA) is 122 Å². The third-order valence-corrected chi connectivity index (χ3v) is 5.22. The fraction of sp³-hybridized carbons (Fsp3) is 0.190. The Morgan fingerprint density at radius 3 is 2.50 bits per heavy atom. The Balaban J connectivity index is 1.86. The molecule has 0 spiro atoms. The SMILES string of the molecule is CC(=O)C(N)c1ccc(NC(=O)/C=C2\CC(C(=O)O)Nc3cc(Cl)cc(Cl)c32)cc1. The molecule has 5 N–H and O–H groups in total. The number of Topliss-reactive ketones (excluding diaryl/α,β-unsaturated/α-hetero) is 1. The van der Waals surface area contributed by atoms with Crippen molar-refractivity contribution in [1.29, 1.82) is 0 Å². The Bertz CT molecular complexity index is 1050. The maximum absolute atomic E-state index is 12.6. The number of hydrogen-bond acceptors (Lipinski definition) is 5. The second kappa shape index (κ2) is 8.87. The van der Waals surface area contributed by atoms with Crippen LogP contribution in [-0.4, -0.2) is 28.8 Å². The van der Waals surface area contributed by atoms with Gasteiger partial charge in [0.25, 0.3) is 0 Å². The van der Waals surface area contributed by atoms with E-state index in [1.54, 1.807) is 30.3 Å². The molecule has 30 heavy (non-hydrogen) atoms. The van der Waals surface area contributed by atoms with Gasteiger partial charge in [0.1, 0.15) is 6.04 Å². The molecule has 0 radical (unpaired) electrons. The number of amides is 1. The minimum atomic E-state index is -1.06. The van der Waals surface area contributed by atoms with Crippen LogP contribution in [0, 0.1) is 0 Å². The lowest BCUT2D eigenvalue weighted by atomic mass is 9.92. The molecule has 2 atom stereocenters. The van der Waals surface area contributed by atoms with Crippen LogP contribution in [0.5, 0.6) is 0 Å². The standard InChI is InChI=1S/C21H19Cl2N3O4/c1-10(27)20(24)11-2-4-14(5-3-11)25-18(28)7-12-6-17(21(29)30)26-16-9-13(22)8-15(23)19(12)16/h2-5,7-9,17,20,26H,6,24H2,1H3,(H,25,28)(H,29,30)/b12-7+. The van der Waals surface area contributed by atoms with Crippen molar-refractivity contribution in [2.75, 3.05) is 10.6 Å². The Morgan fingerprint density at radius 1 is 1.23 bits per heavy atom. The number of aliphatic carboxylic acids is 1. The number of hydrogen-bond donors (Lipinski definition) is 4. The largest absolute Gasteiger partial charge is 0.480 e. The van der Waals surface area contributed by atoms with E-state index in [4.69, 9.17) is 28.9 Å². The van der Waals surface area contributed by atoms with Crippen LogP contribution in [0.15, 0.2) is 42.5 Å². The smallest absolute Gasteiger partial charge is 0.326 e. The normalized spacial score (nSPS) is 17.6. The minimum Gasteiger partial charge on any atom is -0.480 e. The molecule has 0 saturated carbocycles. The molecule has 1 aliphatic rings. The maximum atomic E-state index is 12.6. The van der Waals surface area contributed by atoms with Crippen molar-refractivity contribution < 1.29 is 19.5 Å². The second-order valence-electron chi connectivity index (χ2n) is 6.92. The van der Waals surface area contributed by atoms with Gasteiger partial charge in [0.15, 0.2) is 5.78 Å². The first-order chi connectivity index (χ1) is 14.2. The number of fused-ring (bicyclic) bond motifs is 1. The number of nitrogens with one attached hydrogen (secondary N) is 2. The fourth-order valence-corrected chi connectivity index (χ4v) is 3.81. The van der Waals surface area contributed by atoms with E-state index in [-0.39, 0.29) is 12.2 Å². The van der Waals surface area contributed by atoms with Crippen LogP contribution >= 0.6 is 23.2 Å². The molecule has 2 aromatic rings. The molecule has 3 rings (SSSR count). The van der Waals surface area contributed by atoms with E-state index < -0.39 is 24.0 Å². The molecular formula is C21H19Cl2N3O4. The van der Waals surface area contributed by atoms with Gasteiger partial charge in [-0.05, 0) is 42.3 Å². The monoisotopic (exact) mass is 447 g/mol. The van der Waals surface area contributed by atoms with Crippen molar-refractivity contribution in [3.8, 4) is 0 Å². The molecule has 0 bridgehead atoms. The average Bonchev–Trinajstić information content (AvgIpc) is 2.66. The second-order valence-corrected chi connectivity index (χ2v) is 7.76. The fourth-order valence-electron chi connectivity index (χ4n) is 3.20. The van der Waals surface area contributed by atoms with E-state index in [1.807, 2.05) is 0 Å². The molecule has 9 heteroatoms. The summed E-state index contributed by atoms with van der Waals surface area (Å²) < 4.78 is 0. The number of anilines is 2. The van der Waals surface area contributed by atoms with Crippen molar-refractivity contribution in [3.63, 3.8) is 0 Å². The van der Waals surface area contributed by atoms with Gasteiger partial charge in [-0.2, -0.15) is 0 Å². The third-order valence-electron chi connectivity index (χ3n) is 4.71. The average molecular weight is 448 g/mol. The Hall–Kier alpha value is -2.87. The third kappa shape index (κ3) is 4.81. The van der Waals surface area contributed by atoms with Crippen molar-refractivity contribution in [1.82, 2.24) is 0 Å². The first-order valence-electron chi connectivity index (χ1n) is 9.02. The lowest BCUT2D eigenvalue weighted by Gasteiger charge is -2.27. The van der Waals surface area contributed by atoms with Crippen LogP contribution in [0.1, 0.15) is 30.5 Å². The van der Waals surface area contributed by atoms with Crippen LogP contribution < -0.4 is 16.4 Å². The van der Waals surface area contributed by atoms with Crippen LogP contribution in [-0.2, 0) is 14.4 Å². The first kappa shape index (κ1) is 21.8. The zero-order chi connectivity index (χ0) is 22.0. The van der Waals surface area contributed by atoms with Crippen molar-refractivity contribution in [3.05, 3.63) is 63.6 Å². The summed E-state index contributed by atoms with van der Waals surface area (Å²) >= 11 is 12.3. The summed E-state index contributed by atoms with van der Waals surface area (Å²) in [7, 11) is 0. The van der Waals surface area contributed by atoms with Gasteiger partial charge >= 0.3 is 5.97 Å². The number of carboxylic acids is 1. The zero-order valence-electron chi connectivity index (χ0n) is 15.9. The van der Waals surface area contributed by atoms with Gasteiger partial charge in [0.05, 0.1) is 11.1 Å². The number of benzene rings is 2. The lowest BCUT2D eigenvalue weighted by Crippen LogP contribution is -2.33. The highest BCUT2D eigenvalue weighted by atomic mass is 35.5. The molecule has 1 heterocycles. The van der Waals surface area contributed by atoms with Gasteiger partial charge in [-0.25, -0.2) is 4.79 Å². The summed E-state index contributed by atoms with van der Waals surface area (Å²) in [4.78, 5) is 35.5. The predicted octanol–water partition coefficient (Wildman–Crippen LogP) is 3.87. The molecule has 1 amide bonds. The summed E-state index contributed by atoms with van der Waals surface area (Å²) in [6, 6.07) is 8.06. The Morgan fingerprint density at radius 2 is 1.90 bits per heavy atom. The quantitative estimate of drug-likeness (QED) is 0.516. The highest BCUT2D eigenvalue weighted by Gasteiger charge is 2.29. The summed E-state index contributed by atoms with van der Waals surface area (Å²) in [5.74, 6) is -1.66. The molecular weight excluding hydrogens is 429 g/mol. The van der Waals surface area contributed by atoms with E-state index in [9.17, 15) is 19.5 Å². The van der Waals surface area contributed by atoms with Gasteiger partial charge < -0.3 is 21.5 Å². The Kier molecular flexibility index (Phi) is 6.45. The highest BCUT2D eigenvalue weighted by Crippen LogP contribution is 2.40. The molecule has 0 aliphatic carbocycles. The van der Waals surface area contributed by atoms with E-state index in [0.29, 0.717) is 38.1 Å². The zero-order valence-corrected chi connectivity index (χ0v) is 17.4. The summed E-state index contributed by atoms with van der Waals surface area (Å²) in [6.07, 6.45) is 1.40. The van der Waals surface area contributed by atoms with Gasteiger partial charge in [0, 0.05) is 34.5 Å². The Labute approximate surface area is 182 Å². The molecule has 2 aromatic carbocycles. The molecule has 156 valence electrons. The summed E-state index contributed by atoms with van der Waals surface area (Å²) in [5.41, 5.74) is 8.41. The molecule has 0 aromatic heterocycles. The molecule has 0 saturated heterocycles. The van der Waals surface area contributed by atoms with Crippen molar-refractivity contribution >= 4 is 57.8 Å². The number of carbonyl (C=O) groups is 3. The molecule has 1 aliphatic heterocycles. The number of halogens is 2. The summed E-state index contributed by atoms with van der Waals surface area (Å²) in [6.45, 7) is 1.41. The van der Waals surface area contributed by atoms with Gasteiger partial charge in [-0.1, -0.05) is 35.3 Å².